The first kappa shape index (κ1) is 16.0. The molecule has 0 saturated carbocycles. The van der Waals surface area contributed by atoms with E-state index in [9.17, 15) is 4.79 Å². The Labute approximate surface area is 119 Å². The van der Waals surface area contributed by atoms with E-state index in [2.05, 4.69) is 5.32 Å². The van der Waals surface area contributed by atoms with E-state index in [1.807, 2.05) is 19.9 Å². The van der Waals surface area contributed by atoms with Crippen LogP contribution in [0.3, 0.4) is 0 Å². The van der Waals surface area contributed by atoms with Gasteiger partial charge in [-0.05, 0) is 37.6 Å². The Bertz CT molecular complexity index is 465. The SMILES string of the molecule is CCCC(N)C(=O)NC(C)COc1ccc(C#N)cc1. The van der Waals surface area contributed by atoms with Gasteiger partial charge in [0, 0.05) is 0 Å². The molecule has 108 valence electrons. The topological polar surface area (TPSA) is 88.1 Å². The number of rotatable bonds is 7. The molecule has 0 heterocycles. The molecule has 0 radical (unpaired) electrons. The van der Waals surface area contributed by atoms with Crippen molar-refractivity contribution < 1.29 is 9.53 Å². The first-order valence-electron chi connectivity index (χ1n) is 6.75. The predicted molar refractivity (Wildman–Crippen MR) is 77.1 cm³/mol. The summed E-state index contributed by atoms with van der Waals surface area (Å²) in [5, 5.41) is 11.5. The van der Waals surface area contributed by atoms with E-state index in [4.69, 9.17) is 15.7 Å². The lowest BCUT2D eigenvalue weighted by Crippen LogP contribution is -2.46. The molecule has 1 aromatic rings. The average molecular weight is 275 g/mol. The maximum absolute atomic E-state index is 11.7. The smallest absolute Gasteiger partial charge is 0.237 e. The summed E-state index contributed by atoms with van der Waals surface area (Å²) >= 11 is 0. The average Bonchev–Trinajstić information content (AvgIpc) is 2.45. The second-order valence-electron chi connectivity index (χ2n) is 4.75. The van der Waals surface area contributed by atoms with Crippen LogP contribution in [0, 0.1) is 11.3 Å². The molecular formula is C15H21N3O2. The number of carbonyl (C=O) groups excluding carboxylic acids is 1. The Morgan fingerprint density at radius 2 is 2.10 bits per heavy atom. The number of hydrogen-bond donors (Lipinski definition) is 2. The molecule has 0 aliphatic rings. The summed E-state index contributed by atoms with van der Waals surface area (Å²) in [5.74, 6) is 0.519. The number of benzene rings is 1. The van der Waals surface area contributed by atoms with Gasteiger partial charge in [-0.15, -0.1) is 0 Å². The van der Waals surface area contributed by atoms with Crippen LogP contribution in [-0.4, -0.2) is 24.6 Å². The number of ether oxygens (including phenoxy) is 1. The van der Waals surface area contributed by atoms with Crippen LogP contribution < -0.4 is 15.8 Å². The number of nitrogens with one attached hydrogen (secondary N) is 1. The summed E-state index contributed by atoms with van der Waals surface area (Å²) in [6, 6.07) is 8.30. The third-order valence-electron chi connectivity index (χ3n) is 2.81. The number of amides is 1. The highest BCUT2D eigenvalue weighted by Gasteiger charge is 2.14. The minimum absolute atomic E-state index is 0.124. The van der Waals surface area contributed by atoms with Gasteiger partial charge in [0.1, 0.15) is 12.4 Å². The Kier molecular flexibility index (Phi) is 6.54. The maximum atomic E-state index is 11.7. The van der Waals surface area contributed by atoms with Crippen LogP contribution in [0.4, 0.5) is 0 Å². The second kappa shape index (κ2) is 8.18. The molecule has 0 saturated heterocycles. The third-order valence-corrected chi connectivity index (χ3v) is 2.81. The van der Waals surface area contributed by atoms with Gasteiger partial charge in [-0.2, -0.15) is 5.26 Å². The van der Waals surface area contributed by atoms with Gasteiger partial charge in [0.2, 0.25) is 5.91 Å². The zero-order valence-corrected chi connectivity index (χ0v) is 11.9. The molecule has 0 aliphatic heterocycles. The van der Waals surface area contributed by atoms with Crippen molar-refractivity contribution in [3.8, 4) is 11.8 Å². The van der Waals surface area contributed by atoms with Gasteiger partial charge in [0.25, 0.3) is 0 Å². The number of nitrogens with two attached hydrogens (primary N) is 1. The summed E-state index contributed by atoms with van der Waals surface area (Å²) in [4.78, 5) is 11.7. The van der Waals surface area contributed by atoms with E-state index in [0.29, 0.717) is 24.3 Å². The van der Waals surface area contributed by atoms with E-state index >= 15 is 0 Å². The molecule has 0 fully saturated rings. The van der Waals surface area contributed by atoms with Crippen molar-refractivity contribution in [1.82, 2.24) is 5.32 Å². The van der Waals surface area contributed by atoms with Crippen LogP contribution in [0.2, 0.25) is 0 Å². The van der Waals surface area contributed by atoms with Gasteiger partial charge in [0.05, 0.1) is 23.7 Å². The lowest BCUT2D eigenvalue weighted by atomic mass is 10.1. The summed E-state index contributed by atoms with van der Waals surface area (Å²) in [6.45, 7) is 4.21. The Morgan fingerprint density at radius 3 is 2.65 bits per heavy atom. The van der Waals surface area contributed by atoms with Crippen molar-refractivity contribution in [2.45, 2.75) is 38.8 Å². The molecule has 3 N–H and O–H groups in total. The molecule has 1 aromatic carbocycles. The fraction of sp³-hybridized carbons (Fsp3) is 0.467. The zero-order valence-electron chi connectivity index (χ0n) is 11.9. The number of carbonyl (C=O) groups is 1. The zero-order chi connectivity index (χ0) is 15.0. The van der Waals surface area contributed by atoms with E-state index in [-0.39, 0.29) is 11.9 Å². The van der Waals surface area contributed by atoms with Gasteiger partial charge >= 0.3 is 0 Å². The van der Waals surface area contributed by atoms with Gasteiger partial charge in [-0.1, -0.05) is 13.3 Å². The number of nitriles is 1. The molecule has 2 atom stereocenters. The van der Waals surface area contributed by atoms with Crippen molar-refractivity contribution in [1.29, 1.82) is 5.26 Å². The minimum atomic E-state index is -0.461. The number of nitrogens with zero attached hydrogens (tertiary/aromatic N) is 1. The lowest BCUT2D eigenvalue weighted by molar-refractivity contribution is -0.123. The van der Waals surface area contributed by atoms with E-state index < -0.39 is 6.04 Å². The molecule has 0 aromatic heterocycles. The summed E-state index contributed by atoms with van der Waals surface area (Å²) in [7, 11) is 0. The van der Waals surface area contributed by atoms with Crippen molar-refractivity contribution in [2.24, 2.45) is 5.73 Å². The highest BCUT2D eigenvalue weighted by molar-refractivity contribution is 5.81. The predicted octanol–water partition coefficient (Wildman–Crippen LogP) is 1.57. The molecule has 0 bridgehead atoms. The van der Waals surface area contributed by atoms with E-state index in [0.717, 1.165) is 6.42 Å². The van der Waals surface area contributed by atoms with Gasteiger partial charge in [0.15, 0.2) is 0 Å². The number of hydrogen-bond acceptors (Lipinski definition) is 4. The van der Waals surface area contributed by atoms with Crippen molar-refractivity contribution in [3.63, 3.8) is 0 Å². The first-order chi connectivity index (χ1) is 9.56. The van der Waals surface area contributed by atoms with Crippen LogP contribution in [0.5, 0.6) is 5.75 Å². The molecular weight excluding hydrogens is 254 g/mol. The van der Waals surface area contributed by atoms with E-state index in [1.54, 1.807) is 24.3 Å². The second-order valence-corrected chi connectivity index (χ2v) is 4.75. The summed E-state index contributed by atoms with van der Waals surface area (Å²) < 4.78 is 5.54. The molecule has 20 heavy (non-hydrogen) atoms. The molecule has 1 rings (SSSR count). The fourth-order valence-electron chi connectivity index (χ4n) is 1.68. The molecule has 5 heteroatoms. The monoisotopic (exact) mass is 275 g/mol. The first-order valence-corrected chi connectivity index (χ1v) is 6.75. The Hall–Kier alpha value is -2.06. The van der Waals surface area contributed by atoms with Gasteiger partial charge in [-0.25, -0.2) is 0 Å². The van der Waals surface area contributed by atoms with E-state index in [1.165, 1.54) is 0 Å². The molecule has 0 aliphatic carbocycles. The molecule has 1 amide bonds. The normalized spacial score (nSPS) is 13.1. The lowest BCUT2D eigenvalue weighted by Gasteiger charge is -2.17. The van der Waals surface area contributed by atoms with Crippen LogP contribution in [0.15, 0.2) is 24.3 Å². The Morgan fingerprint density at radius 1 is 1.45 bits per heavy atom. The molecule has 5 nitrogen and oxygen atoms in total. The standard InChI is InChI=1S/C15H21N3O2/c1-3-4-14(17)15(19)18-11(2)10-20-13-7-5-12(9-16)6-8-13/h5-8,11,14H,3-4,10,17H2,1-2H3,(H,18,19). The van der Waals surface area contributed by atoms with Crippen LogP contribution in [0.1, 0.15) is 32.3 Å². The third kappa shape index (κ3) is 5.29. The molecule has 0 spiro atoms. The highest BCUT2D eigenvalue weighted by Crippen LogP contribution is 2.11. The Balaban J connectivity index is 2.37. The van der Waals surface area contributed by atoms with Crippen LogP contribution in [-0.2, 0) is 4.79 Å². The van der Waals surface area contributed by atoms with Gasteiger partial charge < -0.3 is 15.8 Å². The van der Waals surface area contributed by atoms with Crippen molar-refractivity contribution in [2.75, 3.05) is 6.61 Å². The summed E-state index contributed by atoms with van der Waals surface area (Å²) in [6.07, 6.45) is 1.56. The maximum Gasteiger partial charge on any atom is 0.237 e. The van der Waals surface area contributed by atoms with Crippen molar-refractivity contribution >= 4 is 5.91 Å². The van der Waals surface area contributed by atoms with Gasteiger partial charge in [-0.3, -0.25) is 4.79 Å². The quantitative estimate of drug-likeness (QED) is 0.790. The van der Waals surface area contributed by atoms with Crippen LogP contribution in [0.25, 0.3) is 0 Å². The highest BCUT2D eigenvalue weighted by atomic mass is 16.5. The summed E-state index contributed by atoms with van der Waals surface area (Å²) in [5.41, 5.74) is 6.32. The largest absolute Gasteiger partial charge is 0.491 e. The van der Waals surface area contributed by atoms with Crippen LogP contribution >= 0.6 is 0 Å². The van der Waals surface area contributed by atoms with Crippen molar-refractivity contribution in [3.05, 3.63) is 29.8 Å². The minimum Gasteiger partial charge on any atom is -0.491 e. The molecule has 2 unspecified atom stereocenters. The fourth-order valence-corrected chi connectivity index (χ4v) is 1.68.